The first kappa shape index (κ1) is 11.9. The summed E-state index contributed by atoms with van der Waals surface area (Å²) in [6, 6.07) is -0.220. The Kier molecular flexibility index (Phi) is 2.46. The minimum atomic E-state index is -3.95. The lowest BCUT2D eigenvalue weighted by Crippen LogP contribution is -2.16. The molecule has 3 rings (SSSR count). The number of hydrogen-bond acceptors (Lipinski definition) is 8. The fourth-order valence-corrected chi connectivity index (χ4v) is 3.47. The predicted molar refractivity (Wildman–Crippen MR) is 67.3 cm³/mol. The second kappa shape index (κ2) is 3.93. The number of nitrogens with two attached hydrogens (primary N) is 1. The molecule has 0 aliphatic heterocycles. The molecule has 3 aromatic heterocycles. The number of hydrogen-bond donors (Lipinski definition) is 2. The van der Waals surface area contributed by atoms with Crippen molar-refractivity contribution in [2.75, 3.05) is 10.5 Å². The first-order valence-electron chi connectivity index (χ1n) is 5.01. The van der Waals surface area contributed by atoms with Crippen LogP contribution in [0.5, 0.6) is 0 Å². The molecule has 19 heavy (non-hydrogen) atoms. The van der Waals surface area contributed by atoms with E-state index in [0.29, 0.717) is 10.8 Å². The second-order valence-electron chi connectivity index (χ2n) is 3.61. The van der Waals surface area contributed by atoms with Crippen LogP contribution in [0.1, 0.15) is 5.82 Å². The van der Waals surface area contributed by atoms with Crippen molar-refractivity contribution in [1.29, 1.82) is 0 Å². The summed E-state index contributed by atoms with van der Waals surface area (Å²) in [7, 11) is -3.95. The number of nitrogens with one attached hydrogen (secondary N) is 1. The Bertz CT molecular complexity index is 845. The van der Waals surface area contributed by atoms with Crippen LogP contribution in [0.4, 0.5) is 11.8 Å². The third-order valence-corrected chi connectivity index (χ3v) is 4.36. The van der Waals surface area contributed by atoms with E-state index in [9.17, 15) is 8.42 Å². The van der Waals surface area contributed by atoms with Crippen molar-refractivity contribution in [3.05, 3.63) is 17.4 Å². The number of nitrogens with zero attached hydrogens (tertiary/aromatic N) is 4. The zero-order valence-electron chi connectivity index (χ0n) is 9.56. The molecule has 0 spiro atoms. The lowest BCUT2D eigenvalue weighted by Gasteiger charge is -2.02. The van der Waals surface area contributed by atoms with Crippen LogP contribution in [0.15, 0.2) is 21.1 Å². The molecule has 0 aliphatic carbocycles. The number of imidazole rings is 1. The van der Waals surface area contributed by atoms with E-state index in [2.05, 4.69) is 19.8 Å². The molecule has 3 N–H and O–H groups in total. The Labute approximate surface area is 111 Å². The fourth-order valence-electron chi connectivity index (χ4n) is 1.55. The smallest absolute Gasteiger partial charge is 0.335 e. The van der Waals surface area contributed by atoms with E-state index in [1.54, 1.807) is 18.5 Å². The van der Waals surface area contributed by atoms with Crippen LogP contribution in [0.2, 0.25) is 0 Å². The summed E-state index contributed by atoms with van der Waals surface area (Å²) in [4.78, 5) is 8.21. The summed E-state index contributed by atoms with van der Waals surface area (Å²) in [6.45, 7) is 1.57. The molecule has 0 radical (unpaired) electrons. The number of sulfonamides is 1. The first-order chi connectivity index (χ1) is 8.97. The van der Waals surface area contributed by atoms with Gasteiger partial charge >= 0.3 is 6.01 Å². The molecule has 0 aliphatic rings. The van der Waals surface area contributed by atoms with Gasteiger partial charge in [0.2, 0.25) is 5.03 Å². The maximum atomic E-state index is 12.2. The van der Waals surface area contributed by atoms with Gasteiger partial charge in [-0.25, -0.2) is 9.71 Å². The van der Waals surface area contributed by atoms with Crippen LogP contribution in [-0.4, -0.2) is 27.9 Å². The SMILES string of the molecule is Cc1noc(NS(=O)(=O)c2c(N)nc3sccn23)n1. The Morgan fingerprint density at radius 3 is 2.95 bits per heavy atom. The van der Waals surface area contributed by atoms with Crippen molar-refractivity contribution >= 4 is 38.2 Å². The fraction of sp³-hybridized carbons (Fsp3) is 0.125. The van der Waals surface area contributed by atoms with E-state index in [4.69, 9.17) is 10.3 Å². The average molecular weight is 300 g/mol. The predicted octanol–water partition coefficient (Wildman–Crippen LogP) is 0.470. The molecular weight excluding hydrogens is 292 g/mol. The maximum Gasteiger partial charge on any atom is 0.335 e. The zero-order valence-corrected chi connectivity index (χ0v) is 11.2. The zero-order chi connectivity index (χ0) is 13.6. The van der Waals surface area contributed by atoms with E-state index in [-0.39, 0.29) is 16.9 Å². The summed E-state index contributed by atoms with van der Waals surface area (Å²) in [5, 5.41) is 5.05. The van der Waals surface area contributed by atoms with E-state index < -0.39 is 10.0 Å². The van der Waals surface area contributed by atoms with Gasteiger partial charge in [0.05, 0.1) is 0 Å². The van der Waals surface area contributed by atoms with E-state index in [1.165, 1.54) is 15.7 Å². The van der Waals surface area contributed by atoms with Crippen LogP contribution >= 0.6 is 11.3 Å². The van der Waals surface area contributed by atoms with Crippen molar-refractivity contribution in [3.63, 3.8) is 0 Å². The maximum absolute atomic E-state index is 12.2. The minimum Gasteiger partial charge on any atom is -0.381 e. The summed E-state index contributed by atoms with van der Waals surface area (Å²) in [5.41, 5.74) is 5.63. The average Bonchev–Trinajstić information content (AvgIpc) is 2.93. The number of fused-ring (bicyclic) bond motifs is 1. The molecule has 100 valence electrons. The van der Waals surface area contributed by atoms with Gasteiger partial charge in [-0.2, -0.15) is 13.4 Å². The minimum absolute atomic E-state index is 0.0874. The highest BCUT2D eigenvalue weighted by molar-refractivity contribution is 7.92. The van der Waals surface area contributed by atoms with Crippen molar-refractivity contribution in [3.8, 4) is 0 Å². The second-order valence-corrected chi connectivity index (χ2v) is 6.08. The van der Waals surface area contributed by atoms with Crippen molar-refractivity contribution in [2.45, 2.75) is 11.9 Å². The largest absolute Gasteiger partial charge is 0.381 e. The number of aromatic nitrogens is 4. The highest BCUT2D eigenvalue weighted by Crippen LogP contribution is 2.24. The van der Waals surface area contributed by atoms with E-state index >= 15 is 0 Å². The van der Waals surface area contributed by atoms with Gasteiger partial charge in [0.1, 0.15) is 0 Å². The number of aryl methyl sites for hydroxylation is 1. The highest BCUT2D eigenvalue weighted by Gasteiger charge is 2.26. The van der Waals surface area contributed by atoms with Gasteiger partial charge in [-0.05, 0) is 6.92 Å². The lowest BCUT2D eigenvalue weighted by atomic mass is 10.8. The molecule has 0 aromatic carbocycles. The molecule has 0 atom stereocenters. The highest BCUT2D eigenvalue weighted by atomic mass is 32.2. The van der Waals surface area contributed by atoms with Crippen LogP contribution in [0.25, 0.3) is 4.96 Å². The summed E-state index contributed by atoms with van der Waals surface area (Å²) in [6.07, 6.45) is 1.57. The molecule has 0 unspecified atom stereocenters. The van der Waals surface area contributed by atoms with Crippen molar-refractivity contribution < 1.29 is 12.9 Å². The molecule has 0 fully saturated rings. The molecule has 0 saturated carbocycles. The lowest BCUT2D eigenvalue weighted by molar-refractivity contribution is 0.429. The number of anilines is 2. The Hall–Kier alpha value is -2.14. The quantitative estimate of drug-likeness (QED) is 0.719. The van der Waals surface area contributed by atoms with Gasteiger partial charge in [0.25, 0.3) is 10.0 Å². The molecule has 0 saturated heterocycles. The van der Waals surface area contributed by atoms with Gasteiger partial charge in [-0.3, -0.25) is 4.40 Å². The van der Waals surface area contributed by atoms with Crippen LogP contribution in [0.3, 0.4) is 0 Å². The summed E-state index contributed by atoms with van der Waals surface area (Å²) >= 11 is 1.28. The first-order valence-corrected chi connectivity index (χ1v) is 7.38. The van der Waals surface area contributed by atoms with Gasteiger partial charge < -0.3 is 10.3 Å². The third kappa shape index (κ3) is 1.92. The third-order valence-electron chi connectivity index (χ3n) is 2.25. The Morgan fingerprint density at radius 1 is 1.47 bits per heavy atom. The molecule has 9 nitrogen and oxygen atoms in total. The molecule has 11 heteroatoms. The summed E-state index contributed by atoms with van der Waals surface area (Å²) in [5.74, 6) is 0.232. The monoisotopic (exact) mass is 300 g/mol. The standard InChI is InChI=1S/C8H8N6O3S2/c1-4-10-7(17-12-4)13-19(15,16)6-5(9)11-8-14(6)2-3-18-8/h2-3H,9H2,1H3,(H,10,12,13). The number of thiazole rings is 1. The molecule has 3 aromatic rings. The molecule has 0 amide bonds. The van der Waals surface area contributed by atoms with Crippen LogP contribution in [0, 0.1) is 6.92 Å². The van der Waals surface area contributed by atoms with E-state index in [0.717, 1.165) is 0 Å². The summed E-state index contributed by atoms with van der Waals surface area (Å²) < 4.78 is 32.7. The Morgan fingerprint density at radius 2 is 2.26 bits per heavy atom. The van der Waals surface area contributed by atoms with Gasteiger partial charge in [0.15, 0.2) is 16.6 Å². The van der Waals surface area contributed by atoms with Gasteiger partial charge in [-0.1, -0.05) is 5.16 Å². The van der Waals surface area contributed by atoms with Crippen molar-refractivity contribution in [1.82, 2.24) is 19.5 Å². The Balaban J connectivity index is 2.09. The normalized spacial score (nSPS) is 12.1. The van der Waals surface area contributed by atoms with Crippen LogP contribution < -0.4 is 10.5 Å². The van der Waals surface area contributed by atoms with E-state index in [1.807, 2.05) is 0 Å². The number of nitrogen functional groups attached to an aromatic ring is 1. The van der Waals surface area contributed by atoms with Crippen molar-refractivity contribution in [2.24, 2.45) is 0 Å². The molecule has 3 heterocycles. The molecule has 0 bridgehead atoms. The number of rotatable bonds is 3. The van der Waals surface area contributed by atoms with Gasteiger partial charge in [0, 0.05) is 11.6 Å². The molecular formula is C8H8N6O3S2. The topological polar surface area (TPSA) is 128 Å². The van der Waals surface area contributed by atoms with Crippen LogP contribution in [-0.2, 0) is 10.0 Å². The van der Waals surface area contributed by atoms with Gasteiger partial charge in [-0.15, -0.1) is 11.3 Å².